The predicted octanol–water partition coefficient (Wildman–Crippen LogP) is 4.18. The number of thiazole rings is 1. The van der Waals surface area contributed by atoms with E-state index in [1.54, 1.807) is 12.3 Å². The minimum absolute atomic E-state index is 0.00814. The molecule has 5 heteroatoms. The Balaban J connectivity index is 1.95. The molecule has 0 spiro atoms. The molecule has 2 N–H and O–H groups in total. The van der Waals surface area contributed by atoms with Gasteiger partial charge in [-0.3, -0.25) is 4.79 Å². The summed E-state index contributed by atoms with van der Waals surface area (Å²) in [4.78, 5) is 17.1. The van der Waals surface area contributed by atoms with Gasteiger partial charge in [0.2, 0.25) is 5.91 Å². The Kier molecular flexibility index (Phi) is 4.15. The van der Waals surface area contributed by atoms with Crippen LogP contribution in [-0.4, -0.2) is 16.0 Å². The van der Waals surface area contributed by atoms with Crippen LogP contribution in [0.25, 0.3) is 0 Å². The van der Waals surface area contributed by atoms with Crippen molar-refractivity contribution in [2.75, 3.05) is 5.32 Å². The molecule has 1 aromatic heterocycles. The number of carbonyl (C=O) groups excluding carboxylic acids is 1. The topological polar surface area (TPSA) is 62.2 Å². The van der Waals surface area contributed by atoms with Crippen LogP contribution in [0.5, 0.6) is 5.75 Å². The highest BCUT2D eigenvalue weighted by Crippen LogP contribution is 2.51. The summed E-state index contributed by atoms with van der Waals surface area (Å²) in [6.07, 6.45) is 3.30. The number of benzene rings is 1. The molecule has 1 aromatic carbocycles. The highest BCUT2D eigenvalue weighted by molar-refractivity contribution is 7.13. The number of aromatic hydroxyl groups is 1. The van der Waals surface area contributed by atoms with E-state index in [4.69, 9.17) is 0 Å². The molecule has 1 heterocycles. The van der Waals surface area contributed by atoms with E-state index in [9.17, 15) is 9.90 Å². The van der Waals surface area contributed by atoms with Crippen molar-refractivity contribution in [3.63, 3.8) is 0 Å². The lowest BCUT2D eigenvalue weighted by atomic mass is 9.73. The molecule has 122 valence electrons. The van der Waals surface area contributed by atoms with Crippen LogP contribution in [0.3, 0.4) is 0 Å². The Morgan fingerprint density at radius 1 is 1.52 bits per heavy atom. The van der Waals surface area contributed by atoms with Crippen LogP contribution in [0.1, 0.15) is 44.2 Å². The Bertz CT molecular complexity index is 712. The first-order valence-corrected chi connectivity index (χ1v) is 8.81. The third kappa shape index (κ3) is 2.98. The largest absolute Gasteiger partial charge is 0.508 e. The number of fused-ring (bicyclic) bond motifs is 1. The van der Waals surface area contributed by atoms with Crippen molar-refractivity contribution in [2.45, 2.75) is 39.5 Å². The minimum atomic E-state index is -0.522. The fourth-order valence-electron chi connectivity index (χ4n) is 3.55. The number of phenolic OH excluding ortho intramolecular Hbond substituents is 1. The number of anilines is 1. The highest BCUT2D eigenvalue weighted by Gasteiger charge is 2.48. The smallest absolute Gasteiger partial charge is 0.233 e. The summed E-state index contributed by atoms with van der Waals surface area (Å²) in [5, 5.41) is 15.3. The number of hydrogen-bond acceptors (Lipinski definition) is 4. The quantitative estimate of drug-likeness (QED) is 0.884. The maximum atomic E-state index is 13.0. The first-order valence-electron chi connectivity index (χ1n) is 7.93. The van der Waals surface area contributed by atoms with Gasteiger partial charge >= 0.3 is 0 Å². The monoisotopic (exact) mass is 330 g/mol. The summed E-state index contributed by atoms with van der Waals surface area (Å²) in [7, 11) is 0. The molecule has 4 nitrogen and oxygen atoms in total. The van der Waals surface area contributed by atoms with Crippen molar-refractivity contribution < 1.29 is 9.90 Å². The van der Waals surface area contributed by atoms with Crippen LogP contribution < -0.4 is 5.32 Å². The lowest BCUT2D eigenvalue weighted by molar-refractivity contribution is -0.125. The van der Waals surface area contributed by atoms with Gasteiger partial charge in [0.15, 0.2) is 5.13 Å². The second-order valence-corrected chi connectivity index (χ2v) is 7.85. The predicted molar refractivity (Wildman–Crippen MR) is 92.9 cm³/mol. The summed E-state index contributed by atoms with van der Waals surface area (Å²) in [6, 6.07) is 5.47. The van der Waals surface area contributed by atoms with Crippen LogP contribution in [0.15, 0.2) is 29.8 Å². The number of amides is 1. The maximum Gasteiger partial charge on any atom is 0.233 e. The van der Waals surface area contributed by atoms with Gasteiger partial charge in [-0.05, 0) is 54.9 Å². The Morgan fingerprint density at radius 2 is 2.30 bits per heavy atom. The molecule has 0 unspecified atom stereocenters. The summed E-state index contributed by atoms with van der Waals surface area (Å²) in [6.45, 7) is 6.36. The van der Waals surface area contributed by atoms with Gasteiger partial charge in [0.1, 0.15) is 5.75 Å². The van der Waals surface area contributed by atoms with E-state index in [0.29, 0.717) is 17.5 Å². The van der Waals surface area contributed by atoms with E-state index in [2.05, 4.69) is 24.1 Å². The number of nitrogens with one attached hydrogen (secondary N) is 1. The van der Waals surface area contributed by atoms with Crippen molar-refractivity contribution >= 4 is 22.4 Å². The summed E-state index contributed by atoms with van der Waals surface area (Å²) >= 11 is 1.43. The average Bonchev–Trinajstić information content (AvgIpc) is 3.07. The molecule has 0 radical (unpaired) electrons. The summed E-state index contributed by atoms with van der Waals surface area (Å²) in [5.74, 6) is 0.848. The number of carbonyl (C=O) groups is 1. The molecule has 0 bridgehead atoms. The SMILES string of the molecule is CC(C)C[C@H]1c2cc(O)ccc2C[C@@]1(C)C(=O)Nc1nccs1. The van der Waals surface area contributed by atoms with Crippen LogP contribution in [0.4, 0.5) is 5.13 Å². The molecular formula is C18H22N2O2S. The molecule has 1 aliphatic rings. The Hall–Kier alpha value is -1.88. The minimum Gasteiger partial charge on any atom is -0.508 e. The van der Waals surface area contributed by atoms with E-state index in [0.717, 1.165) is 17.5 Å². The molecule has 1 amide bonds. The highest BCUT2D eigenvalue weighted by atomic mass is 32.1. The van der Waals surface area contributed by atoms with Crippen LogP contribution in [-0.2, 0) is 11.2 Å². The van der Waals surface area contributed by atoms with Crippen molar-refractivity contribution in [2.24, 2.45) is 11.3 Å². The molecule has 2 aromatic rings. The fraction of sp³-hybridized carbons (Fsp3) is 0.444. The third-order valence-corrected chi connectivity index (χ3v) is 5.40. The molecule has 2 atom stereocenters. The van der Waals surface area contributed by atoms with Gasteiger partial charge in [0.25, 0.3) is 0 Å². The van der Waals surface area contributed by atoms with E-state index in [1.165, 1.54) is 11.3 Å². The number of phenols is 1. The second kappa shape index (κ2) is 5.96. The fourth-order valence-corrected chi connectivity index (χ4v) is 4.08. The van der Waals surface area contributed by atoms with E-state index in [1.807, 2.05) is 24.4 Å². The molecule has 0 saturated heterocycles. The molecule has 1 aliphatic carbocycles. The first-order chi connectivity index (χ1) is 10.9. The van der Waals surface area contributed by atoms with Gasteiger partial charge in [0.05, 0.1) is 5.41 Å². The van der Waals surface area contributed by atoms with E-state index in [-0.39, 0.29) is 17.6 Å². The van der Waals surface area contributed by atoms with Crippen molar-refractivity contribution in [1.29, 1.82) is 0 Å². The van der Waals surface area contributed by atoms with Crippen LogP contribution >= 0.6 is 11.3 Å². The van der Waals surface area contributed by atoms with E-state index < -0.39 is 5.41 Å². The number of rotatable bonds is 4. The molecular weight excluding hydrogens is 308 g/mol. The second-order valence-electron chi connectivity index (χ2n) is 6.95. The van der Waals surface area contributed by atoms with Gasteiger partial charge in [-0.1, -0.05) is 19.9 Å². The molecule has 0 fully saturated rings. The lowest BCUT2D eigenvalue weighted by Crippen LogP contribution is -2.37. The van der Waals surface area contributed by atoms with Gasteiger partial charge < -0.3 is 10.4 Å². The molecule has 0 saturated carbocycles. The summed E-state index contributed by atoms with van der Waals surface area (Å²) in [5.41, 5.74) is 1.74. The van der Waals surface area contributed by atoms with Gasteiger partial charge in [-0.15, -0.1) is 11.3 Å². The number of aromatic nitrogens is 1. The van der Waals surface area contributed by atoms with Gasteiger partial charge in [-0.2, -0.15) is 0 Å². The standard InChI is InChI=1S/C18H22N2O2S/c1-11(2)8-15-14-9-13(21)5-4-12(14)10-18(15,3)16(22)20-17-19-6-7-23-17/h4-7,9,11,15,21H,8,10H2,1-3H3,(H,19,20,22)/t15-,18+/m0/s1. The Labute approximate surface area is 140 Å². The zero-order chi connectivity index (χ0) is 16.6. The van der Waals surface area contributed by atoms with Crippen LogP contribution in [0, 0.1) is 11.3 Å². The Morgan fingerprint density at radius 3 is 2.96 bits per heavy atom. The first kappa shape index (κ1) is 16.0. The van der Waals surface area contributed by atoms with Crippen molar-refractivity contribution in [3.05, 3.63) is 40.9 Å². The van der Waals surface area contributed by atoms with Crippen molar-refractivity contribution in [3.8, 4) is 5.75 Å². The third-order valence-electron chi connectivity index (χ3n) is 4.71. The van der Waals surface area contributed by atoms with Crippen LogP contribution in [0.2, 0.25) is 0 Å². The lowest BCUT2D eigenvalue weighted by Gasteiger charge is -2.31. The van der Waals surface area contributed by atoms with Crippen molar-refractivity contribution in [1.82, 2.24) is 4.98 Å². The molecule has 0 aliphatic heterocycles. The number of hydrogen-bond donors (Lipinski definition) is 2. The zero-order valence-corrected chi connectivity index (χ0v) is 14.5. The molecule has 23 heavy (non-hydrogen) atoms. The zero-order valence-electron chi connectivity index (χ0n) is 13.7. The van der Waals surface area contributed by atoms with E-state index >= 15 is 0 Å². The average molecular weight is 330 g/mol. The molecule has 3 rings (SSSR count). The van der Waals surface area contributed by atoms with Gasteiger partial charge in [0, 0.05) is 11.6 Å². The maximum absolute atomic E-state index is 13.0. The summed E-state index contributed by atoms with van der Waals surface area (Å²) < 4.78 is 0. The van der Waals surface area contributed by atoms with Gasteiger partial charge in [-0.25, -0.2) is 4.98 Å². The normalized spacial score (nSPS) is 23.0. The number of nitrogens with zero attached hydrogens (tertiary/aromatic N) is 1.